The molecule has 0 amide bonds. The van der Waals surface area contributed by atoms with E-state index in [0.717, 1.165) is 122 Å². The number of rotatable bonds is 27. The van der Waals surface area contributed by atoms with E-state index in [0.29, 0.717) is 26.1 Å². The van der Waals surface area contributed by atoms with Crippen LogP contribution in [0.25, 0.3) is 0 Å². The molecule has 0 spiro atoms. The number of hydrogen-bond acceptors (Lipinski definition) is 6. The third-order valence-corrected chi connectivity index (χ3v) is 6.73. The number of aliphatic carboxylic acids is 2. The molecule has 2 N–H and O–H groups in total. The molecule has 8 heteroatoms. The standard InChI is InChI=1S/C18H34O4.C14H26O4/c1-3-5-15-21-17(19)13-11-9-7-8-10-12-14-18(20)22-16-6-4-2;1-2-3-9-12(14(17)18)10-7-5-4-6-8-11-13(15)16/h3-16H2,1-2H3;12H,2-11H2,1H3,(H,15,16)(H,17,18). The van der Waals surface area contributed by atoms with Gasteiger partial charge in [-0.1, -0.05) is 97.8 Å². The normalized spacial score (nSPS) is 11.3. The number of hydrogen-bond donors (Lipinski definition) is 2. The Kier molecular flexibility index (Phi) is 31.4. The van der Waals surface area contributed by atoms with Crippen LogP contribution in [0.15, 0.2) is 0 Å². The van der Waals surface area contributed by atoms with Crippen LogP contribution >= 0.6 is 0 Å². The molecule has 0 aliphatic heterocycles. The number of carboxylic acid groups (broad SMARTS) is 2. The molecular weight excluding hydrogens is 512 g/mol. The van der Waals surface area contributed by atoms with Crippen molar-refractivity contribution in [2.45, 2.75) is 162 Å². The summed E-state index contributed by atoms with van der Waals surface area (Å²) in [6.07, 6.45) is 19.7. The van der Waals surface area contributed by atoms with E-state index < -0.39 is 11.9 Å². The molecule has 1 unspecified atom stereocenters. The summed E-state index contributed by atoms with van der Waals surface area (Å²) in [7, 11) is 0. The van der Waals surface area contributed by atoms with E-state index in [1.54, 1.807) is 0 Å². The van der Waals surface area contributed by atoms with Gasteiger partial charge in [0.15, 0.2) is 0 Å². The third-order valence-electron chi connectivity index (χ3n) is 6.73. The van der Waals surface area contributed by atoms with Crippen LogP contribution < -0.4 is 0 Å². The van der Waals surface area contributed by atoms with Crippen molar-refractivity contribution in [3.05, 3.63) is 0 Å². The highest BCUT2D eigenvalue weighted by Crippen LogP contribution is 2.18. The molecule has 0 aromatic heterocycles. The smallest absolute Gasteiger partial charge is 0.306 e. The summed E-state index contributed by atoms with van der Waals surface area (Å²) < 4.78 is 10.2. The van der Waals surface area contributed by atoms with Crippen LogP contribution in [0.2, 0.25) is 0 Å². The van der Waals surface area contributed by atoms with Crippen molar-refractivity contribution in [3.8, 4) is 0 Å². The highest BCUT2D eigenvalue weighted by atomic mass is 16.5. The maximum Gasteiger partial charge on any atom is 0.306 e. The molecule has 0 heterocycles. The molecule has 236 valence electrons. The quantitative estimate of drug-likeness (QED) is 0.0741. The fourth-order valence-electron chi connectivity index (χ4n) is 4.09. The monoisotopic (exact) mass is 572 g/mol. The summed E-state index contributed by atoms with van der Waals surface area (Å²) in [5.41, 5.74) is 0. The Morgan fingerprint density at radius 1 is 0.500 bits per heavy atom. The van der Waals surface area contributed by atoms with Gasteiger partial charge in [0, 0.05) is 19.3 Å². The zero-order chi connectivity index (χ0) is 30.3. The minimum atomic E-state index is -0.736. The third kappa shape index (κ3) is 32.1. The van der Waals surface area contributed by atoms with Gasteiger partial charge in [0.25, 0.3) is 0 Å². The molecule has 0 rings (SSSR count). The fraction of sp³-hybridized carbons (Fsp3) is 0.875. The van der Waals surface area contributed by atoms with Gasteiger partial charge in [0.1, 0.15) is 0 Å². The number of carbonyl (C=O) groups is 4. The van der Waals surface area contributed by atoms with Gasteiger partial charge >= 0.3 is 23.9 Å². The van der Waals surface area contributed by atoms with Crippen molar-refractivity contribution < 1.29 is 38.9 Å². The molecule has 0 aliphatic carbocycles. The van der Waals surface area contributed by atoms with E-state index in [9.17, 15) is 19.2 Å². The Morgan fingerprint density at radius 3 is 1.27 bits per heavy atom. The first kappa shape index (κ1) is 40.0. The zero-order valence-electron chi connectivity index (χ0n) is 25.9. The predicted octanol–water partition coefficient (Wildman–Crippen LogP) is 8.49. The minimum Gasteiger partial charge on any atom is -0.481 e. The molecule has 0 bridgehead atoms. The maximum atomic E-state index is 11.4. The summed E-state index contributed by atoms with van der Waals surface area (Å²) in [6, 6.07) is 0. The van der Waals surface area contributed by atoms with Gasteiger partial charge in [0.05, 0.1) is 19.1 Å². The Balaban J connectivity index is 0. The molecule has 0 aromatic rings. The summed E-state index contributed by atoms with van der Waals surface area (Å²) in [4.78, 5) is 44.0. The molecule has 0 aromatic carbocycles. The van der Waals surface area contributed by atoms with Crippen LogP contribution in [-0.2, 0) is 28.7 Å². The van der Waals surface area contributed by atoms with Crippen molar-refractivity contribution in [2.75, 3.05) is 13.2 Å². The first-order valence-corrected chi connectivity index (χ1v) is 16.0. The van der Waals surface area contributed by atoms with Crippen LogP contribution in [-0.4, -0.2) is 47.3 Å². The van der Waals surface area contributed by atoms with E-state index in [1.807, 2.05) is 0 Å². The van der Waals surface area contributed by atoms with Crippen LogP contribution in [0.5, 0.6) is 0 Å². The Morgan fingerprint density at radius 2 is 0.875 bits per heavy atom. The Labute approximate surface area is 244 Å². The summed E-state index contributed by atoms with van der Waals surface area (Å²) in [6.45, 7) is 7.35. The number of carboxylic acids is 2. The van der Waals surface area contributed by atoms with Crippen LogP contribution in [0.1, 0.15) is 162 Å². The molecule has 0 fully saturated rings. The van der Waals surface area contributed by atoms with E-state index in [1.165, 1.54) is 0 Å². The van der Waals surface area contributed by atoms with Gasteiger partial charge in [-0.15, -0.1) is 0 Å². The Hall–Kier alpha value is -2.12. The van der Waals surface area contributed by atoms with Crippen molar-refractivity contribution in [1.82, 2.24) is 0 Å². The number of unbranched alkanes of at least 4 members (excludes halogenated alkanes) is 12. The highest BCUT2D eigenvalue weighted by Gasteiger charge is 2.15. The molecule has 0 radical (unpaired) electrons. The average Bonchev–Trinajstić information content (AvgIpc) is 2.91. The molecular formula is C32H60O8. The first-order chi connectivity index (χ1) is 19.3. The largest absolute Gasteiger partial charge is 0.481 e. The second-order valence-corrected chi connectivity index (χ2v) is 10.6. The van der Waals surface area contributed by atoms with Gasteiger partial charge in [-0.05, 0) is 44.9 Å². The number of esters is 2. The lowest BCUT2D eigenvalue weighted by molar-refractivity contribution is -0.144. The number of carbonyl (C=O) groups excluding carboxylic acids is 2. The van der Waals surface area contributed by atoms with Crippen LogP contribution in [0.4, 0.5) is 0 Å². The lowest BCUT2D eigenvalue weighted by Crippen LogP contribution is -2.13. The van der Waals surface area contributed by atoms with E-state index in [4.69, 9.17) is 19.7 Å². The molecule has 0 saturated heterocycles. The van der Waals surface area contributed by atoms with E-state index >= 15 is 0 Å². The number of ether oxygens (including phenoxy) is 2. The average molecular weight is 573 g/mol. The van der Waals surface area contributed by atoms with E-state index in [2.05, 4.69) is 20.8 Å². The first-order valence-electron chi connectivity index (χ1n) is 16.0. The summed E-state index contributed by atoms with van der Waals surface area (Å²) in [5.74, 6) is -1.73. The van der Waals surface area contributed by atoms with Crippen LogP contribution in [0.3, 0.4) is 0 Å². The lowest BCUT2D eigenvalue weighted by atomic mass is 9.95. The van der Waals surface area contributed by atoms with Crippen molar-refractivity contribution in [1.29, 1.82) is 0 Å². The second kappa shape index (κ2) is 31.4. The SMILES string of the molecule is CCCCC(CCCCCCCC(=O)O)C(=O)O.CCCCOC(=O)CCCCCCCCC(=O)OCCCC. The zero-order valence-corrected chi connectivity index (χ0v) is 25.9. The molecule has 0 saturated carbocycles. The highest BCUT2D eigenvalue weighted by molar-refractivity contribution is 5.70. The van der Waals surface area contributed by atoms with Crippen LogP contribution in [0, 0.1) is 5.92 Å². The topological polar surface area (TPSA) is 127 Å². The summed E-state index contributed by atoms with van der Waals surface area (Å²) in [5, 5.41) is 17.5. The van der Waals surface area contributed by atoms with Gasteiger partial charge < -0.3 is 19.7 Å². The Bertz CT molecular complexity index is 592. The van der Waals surface area contributed by atoms with Gasteiger partial charge in [-0.2, -0.15) is 0 Å². The van der Waals surface area contributed by atoms with Crippen molar-refractivity contribution in [3.63, 3.8) is 0 Å². The van der Waals surface area contributed by atoms with Gasteiger partial charge in [-0.3, -0.25) is 19.2 Å². The van der Waals surface area contributed by atoms with Gasteiger partial charge in [-0.25, -0.2) is 0 Å². The molecule has 1 atom stereocenters. The van der Waals surface area contributed by atoms with Crippen molar-refractivity contribution in [2.24, 2.45) is 5.92 Å². The molecule has 8 nitrogen and oxygen atoms in total. The molecule has 40 heavy (non-hydrogen) atoms. The fourth-order valence-corrected chi connectivity index (χ4v) is 4.09. The minimum absolute atomic E-state index is 0.0664. The summed E-state index contributed by atoms with van der Waals surface area (Å²) >= 11 is 0. The lowest BCUT2D eigenvalue weighted by Gasteiger charge is -2.11. The molecule has 0 aliphatic rings. The van der Waals surface area contributed by atoms with Gasteiger partial charge in [0.2, 0.25) is 0 Å². The van der Waals surface area contributed by atoms with E-state index in [-0.39, 0.29) is 24.3 Å². The predicted molar refractivity (Wildman–Crippen MR) is 159 cm³/mol. The second-order valence-electron chi connectivity index (χ2n) is 10.6. The maximum absolute atomic E-state index is 11.4. The van der Waals surface area contributed by atoms with Crippen molar-refractivity contribution >= 4 is 23.9 Å².